The molecule has 0 aliphatic heterocycles. The fraction of sp³-hybridized carbons (Fsp3) is 0.385. The smallest absolute Gasteiger partial charge is 0.319 e. The van der Waals surface area contributed by atoms with Crippen LogP contribution in [-0.4, -0.2) is 17.0 Å². The number of aliphatic carboxylic acids is 1. The standard InChI is InChI=1S/C13H15NO3/c1-8-3-4-10(9(2)7-8)14-11(15)13(5-6-13)12(16)17/h3-4,7H,5-6H2,1-2H3,(H,14,15)(H,16,17). The number of nitrogens with one attached hydrogen (secondary N) is 1. The molecule has 0 saturated heterocycles. The number of carboxylic acid groups (broad SMARTS) is 1. The number of anilines is 1. The summed E-state index contributed by atoms with van der Waals surface area (Å²) >= 11 is 0. The second-order valence-corrected chi connectivity index (χ2v) is 4.66. The lowest BCUT2D eigenvalue weighted by Gasteiger charge is -2.13. The summed E-state index contributed by atoms with van der Waals surface area (Å²) in [5, 5.41) is 11.7. The summed E-state index contributed by atoms with van der Waals surface area (Å²) in [7, 11) is 0. The van der Waals surface area contributed by atoms with Gasteiger partial charge >= 0.3 is 5.97 Å². The van der Waals surface area contributed by atoms with Crippen LogP contribution in [0.4, 0.5) is 5.69 Å². The minimum absolute atomic E-state index is 0.406. The van der Waals surface area contributed by atoms with E-state index in [0.717, 1.165) is 11.1 Å². The molecule has 1 aromatic carbocycles. The van der Waals surface area contributed by atoms with Crippen LogP contribution in [0.25, 0.3) is 0 Å². The highest BCUT2D eigenvalue weighted by Gasteiger charge is 2.57. The molecule has 1 aromatic rings. The molecule has 1 aliphatic rings. The fourth-order valence-electron chi connectivity index (χ4n) is 1.86. The Labute approximate surface area is 99.6 Å². The number of carboxylic acids is 1. The van der Waals surface area contributed by atoms with E-state index in [1.54, 1.807) is 6.07 Å². The molecule has 2 rings (SSSR count). The minimum Gasteiger partial charge on any atom is -0.480 e. The Hall–Kier alpha value is -1.84. The predicted molar refractivity (Wildman–Crippen MR) is 63.8 cm³/mol. The number of aryl methyl sites for hydroxylation is 2. The van der Waals surface area contributed by atoms with Crippen LogP contribution >= 0.6 is 0 Å². The van der Waals surface area contributed by atoms with Gasteiger partial charge in [0.25, 0.3) is 0 Å². The Morgan fingerprint density at radius 2 is 1.94 bits per heavy atom. The number of amides is 1. The first-order valence-corrected chi connectivity index (χ1v) is 5.58. The SMILES string of the molecule is Cc1ccc(NC(=O)C2(C(=O)O)CC2)c(C)c1. The van der Waals surface area contributed by atoms with Crippen LogP contribution in [0.2, 0.25) is 0 Å². The zero-order chi connectivity index (χ0) is 12.6. The number of rotatable bonds is 3. The van der Waals surface area contributed by atoms with E-state index in [-0.39, 0.29) is 0 Å². The maximum atomic E-state index is 11.9. The lowest BCUT2D eigenvalue weighted by atomic mass is 10.1. The summed E-state index contributed by atoms with van der Waals surface area (Å²) in [5.74, 6) is -1.43. The highest BCUT2D eigenvalue weighted by Crippen LogP contribution is 2.46. The van der Waals surface area contributed by atoms with Crippen molar-refractivity contribution >= 4 is 17.6 Å². The van der Waals surface area contributed by atoms with Gasteiger partial charge < -0.3 is 10.4 Å². The summed E-state index contributed by atoms with van der Waals surface area (Å²) in [6, 6.07) is 5.65. The number of hydrogen-bond acceptors (Lipinski definition) is 2. The minimum atomic E-state index is -1.18. The zero-order valence-electron chi connectivity index (χ0n) is 9.91. The second-order valence-electron chi connectivity index (χ2n) is 4.66. The molecular formula is C13H15NO3. The Balaban J connectivity index is 2.17. The van der Waals surface area contributed by atoms with Gasteiger partial charge in [-0.2, -0.15) is 0 Å². The van der Waals surface area contributed by atoms with Crippen LogP contribution < -0.4 is 5.32 Å². The molecule has 0 radical (unpaired) electrons. The monoisotopic (exact) mass is 233 g/mol. The third kappa shape index (κ3) is 2.02. The first-order chi connectivity index (χ1) is 7.95. The Morgan fingerprint density at radius 1 is 1.29 bits per heavy atom. The van der Waals surface area contributed by atoms with Crippen molar-refractivity contribution in [2.24, 2.45) is 5.41 Å². The molecule has 4 nitrogen and oxygen atoms in total. The molecule has 1 amide bonds. The molecule has 0 bridgehead atoms. The quantitative estimate of drug-likeness (QED) is 0.786. The van der Waals surface area contributed by atoms with Crippen molar-refractivity contribution in [3.63, 3.8) is 0 Å². The van der Waals surface area contributed by atoms with Gasteiger partial charge in [0.05, 0.1) is 0 Å². The molecule has 0 unspecified atom stereocenters. The zero-order valence-corrected chi connectivity index (χ0v) is 9.91. The maximum Gasteiger partial charge on any atom is 0.319 e. The van der Waals surface area contributed by atoms with Crippen molar-refractivity contribution in [3.05, 3.63) is 29.3 Å². The van der Waals surface area contributed by atoms with Gasteiger partial charge in [-0.05, 0) is 38.3 Å². The summed E-state index contributed by atoms with van der Waals surface area (Å²) in [4.78, 5) is 22.9. The molecule has 1 saturated carbocycles. The molecule has 90 valence electrons. The molecule has 1 aliphatic carbocycles. The largest absolute Gasteiger partial charge is 0.480 e. The highest BCUT2D eigenvalue weighted by molar-refractivity contribution is 6.11. The van der Waals surface area contributed by atoms with E-state index in [1.165, 1.54) is 0 Å². The lowest BCUT2D eigenvalue weighted by Crippen LogP contribution is -2.31. The van der Waals surface area contributed by atoms with E-state index in [2.05, 4.69) is 5.32 Å². The third-order valence-corrected chi connectivity index (χ3v) is 3.22. The van der Waals surface area contributed by atoms with Gasteiger partial charge in [-0.15, -0.1) is 0 Å². The van der Waals surface area contributed by atoms with Crippen molar-refractivity contribution in [2.45, 2.75) is 26.7 Å². The number of carbonyl (C=O) groups is 2. The number of hydrogen-bond donors (Lipinski definition) is 2. The van der Waals surface area contributed by atoms with Crippen LogP contribution in [-0.2, 0) is 9.59 Å². The van der Waals surface area contributed by atoms with E-state index in [1.807, 2.05) is 26.0 Å². The molecule has 4 heteroatoms. The van der Waals surface area contributed by atoms with Gasteiger partial charge in [-0.1, -0.05) is 17.7 Å². The molecule has 0 spiro atoms. The van der Waals surface area contributed by atoms with Gasteiger partial charge in [0.2, 0.25) is 5.91 Å². The van der Waals surface area contributed by atoms with Gasteiger partial charge in [-0.3, -0.25) is 9.59 Å². The lowest BCUT2D eigenvalue weighted by molar-refractivity contribution is -0.147. The van der Waals surface area contributed by atoms with E-state index >= 15 is 0 Å². The second kappa shape index (κ2) is 3.87. The van der Waals surface area contributed by atoms with Gasteiger partial charge in [-0.25, -0.2) is 0 Å². The Morgan fingerprint density at radius 3 is 2.41 bits per heavy atom. The van der Waals surface area contributed by atoms with Gasteiger partial charge in [0, 0.05) is 5.69 Å². The average molecular weight is 233 g/mol. The molecule has 0 aromatic heterocycles. The molecule has 0 atom stereocenters. The Bertz CT molecular complexity index is 489. The van der Waals surface area contributed by atoms with E-state index in [4.69, 9.17) is 5.11 Å². The molecule has 17 heavy (non-hydrogen) atoms. The van der Waals surface area contributed by atoms with Crippen molar-refractivity contribution in [1.29, 1.82) is 0 Å². The van der Waals surface area contributed by atoms with Gasteiger partial charge in [0.1, 0.15) is 5.41 Å². The Kier molecular flexibility index (Phi) is 2.65. The fourth-order valence-corrected chi connectivity index (χ4v) is 1.86. The number of carbonyl (C=O) groups excluding carboxylic acids is 1. The summed E-state index contributed by atoms with van der Waals surface area (Å²) < 4.78 is 0. The summed E-state index contributed by atoms with van der Waals surface area (Å²) in [5.41, 5.74) is 1.56. The highest BCUT2D eigenvalue weighted by atomic mass is 16.4. The van der Waals surface area contributed by atoms with Crippen LogP contribution in [0.3, 0.4) is 0 Å². The number of benzene rings is 1. The van der Waals surface area contributed by atoms with E-state index in [0.29, 0.717) is 18.5 Å². The van der Waals surface area contributed by atoms with E-state index in [9.17, 15) is 9.59 Å². The topological polar surface area (TPSA) is 66.4 Å². The third-order valence-electron chi connectivity index (χ3n) is 3.22. The molecule has 2 N–H and O–H groups in total. The van der Waals surface area contributed by atoms with Crippen molar-refractivity contribution < 1.29 is 14.7 Å². The molecular weight excluding hydrogens is 218 g/mol. The first kappa shape index (κ1) is 11.6. The first-order valence-electron chi connectivity index (χ1n) is 5.58. The normalized spacial score (nSPS) is 16.4. The van der Waals surface area contributed by atoms with Crippen molar-refractivity contribution in [2.75, 3.05) is 5.32 Å². The van der Waals surface area contributed by atoms with Crippen LogP contribution in [0.1, 0.15) is 24.0 Å². The van der Waals surface area contributed by atoms with E-state index < -0.39 is 17.3 Å². The maximum absolute atomic E-state index is 11.9. The van der Waals surface area contributed by atoms with Crippen LogP contribution in [0, 0.1) is 19.3 Å². The average Bonchev–Trinajstić information content (AvgIpc) is 3.02. The van der Waals surface area contributed by atoms with Crippen molar-refractivity contribution in [1.82, 2.24) is 0 Å². The molecule has 0 heterocycles. The van der Waals surface area contributed by atoms with Crippen molar-refractivity contribution in [3.8, 4) is 0 Å². The predicted octanol–water partition coefficient (Wildman–Crippen LogP) is 2.11. The summed E-state index contributed by atoms with van der Waals surface area (Å²) in [6.45, 7) is 3.86. The van der Waals surface area contributed by atoms with Crippen LogP contribution in [0.15, 0.2) is 18.2 Å². The van der Waals surface area contributed by atoms with Gasteiger partial charge in [0.15, 0.2) is 0 Å². The van der Waals surface area contributed by atoms with Crippen LogP contribution in [0.5, 0.6) is 0 Å². The molecule has 1 fully saturated rings. The summed E-state index contributed by atoms with van der Waals surface area (Å²) in [6.07, 6.45) is 0.859.